The van der Waals surface area contributed by atoms with Gasteiger partial charge >= 0.3 is 0 Å². The highest BCUT2D eigenvalue weighted by Gasteiger charge is 2.36. The Morgan fingerprint density at radius 2 is 1.76 bits per heavy atom. The first-order valence-corrected chi connectivity index (χ1v) is 9.30. The van der Waals surface area contributed by atoms with Crippen LogP contribution in [0.2, 0.25) is 0 Å². The van der Waals surface area contributed by atoms with Gasteiger partial charge in [-0.05, 0) is 71.1 Å². The lowest BCUT2D eigenvalue weighted by atomic mass is 9.87. The second-order valence-corrected chi connectivity index (χ2v) is 7.44. The molecule has 0 aromatic heterocycles. The molecule has 2 aliphatic heterocycles. The third-order valence-electron chi connectivity index (χ3n) is 6.22. The first kappa shape index (κ1) is 17.2. The highest BCUT2D eigenvalue weighted by molar-refractivity contribution is 4.96. The molecule has 0 bridgehead atoms. The standard InChI is InChI=1S/C18H37N3/c1-5-17-14-19-18(6-2,7-3)15-21(17)13-10-16-8-11-20(4)12-9-16/h16-17,19H,5-15H2,1-4H3. The van der Waals surface area contributed by atoms with Gasteiger partial charge in [-0.1, -0.05) is 20.8 Å². The molecule has 21 heavy (non-hydrogen) atoms. The number of piperidine rings is 1. The van der Waals surface area contributed by atoms with Crippen LogP contribution in [0.15, 0.2) is 0 Å². The molecular formula is C18H37N3. The molecule has 2 heterocycles. The van der Waals surface area contributed by atoms with Gasteiger partial charge in [0.25, 0.3) is 0 Å². The van der Waals surface area contributed by atoms with Gasteiger partial charge in [-0.15, -0.1) is 0 Å². The Morgan fingerprint density at radius 1 is 1.10 bits per heavy atom. The van der Waals surface area contributed by atoms with Crippen molar-refractivity contribution in [2.24, 2.45) is 5.92 Å². The molecule has 1 atom stereocenters. The predicted molar refractivity (Wildman–Crippen MR) is 91.8 cm³/mol. The van der Waals surface area contributed by atoms with E-state index in [2.05, 4.69) is 42.9 Å². The lowest BCUT2D eigenvalue weighted by Gasteiger charge is -2.48. The minimum absolute atomic E-state index is 0.373. The summed E-state index contributed by atoms with van der Waals surface area (Å²) in [6.45, 7) is 13.4. The summed E-state index contributed by atoms with van der Waals surface area (Å²) in [7, 11) is 2.26. The summed E-state index contributed by atoms with van der Waals surface area (Å²) in [6.07, 6.45) is 8.02. The number of hydrogen-bond acceptors (Lipinski definition) is 3. The summed E-state index contributed by atoms with van der Waals surface area (Å²) in [5.41, 5.74) is 0.373. The molecule has 1 unspecified atom stereocenters. The molecule has 3 nitrogen and oxygen atoms in total. The van der Waals surface area contributed by atoms with Crippen molar-refractivity contribution in [1.29, 1.82) is 0 Å². The fourth-order valence-corrected chi connectivity index (χ4v) is 4.12. The Bertz CT molecular complexity index is 293. The molecule has 3 heteroatoms. The minimum Gasteiger partial charge on any atom is -0.308 e. The summed E-state index contributed by atoms with van der Waals surface area (Å²) in [5, 5.41) is 3.86. The van der Waals surface area contributed by atoms with Crippen LogP contribution in [-0.4, -0.2) is 61.2 Å². The lowest BCUT2D eigenvalue weighted by Crippen LogP contribution is -2.63. The lowest BCUT2D eigenvalue weighted by molar-refractivity contribution is 0.0620. The van der Waals surface area contributed by atoms with Gasteiger partial charge in [-0.2, -0.15) is 0 Å². The zero-order valence-corrected chi connectivity index (χ0v) is 14.8. The van der Waals surface area contributed by atoms with Crippen molar-refractivity contribution in [3.8, 4) is 0 Å². The van der Waals surface area contributed by atoms with E-state index in [-0.39, 0.29) is 0 Å². The molecule has 2 fully saturated rings. The van der Waals surface area contributed by atoms with Crippen LogP contribution in [-0.2, 0) is 0 Å². The number of nitrogens with zero attached hydrogens (tertiary/aromatic N) is 2. The average molecular weight is 296 g/mol. The fraction of sp³-hybridized carbons (Fsp3) is 1.00. The number of nitrogens with one attached hydrogen (secondary N) is 1. The largest absolute Gasteiger partial charge is 0.308 e. The molecule has 0 aromatic carbocycles. The molecule has 2 saturated heterocycles. The Balaban J connectivity index is 1.86. The van der Waals surface area contributed by atoms with Crippen LogP contribution >= 0.6 is 0 Å². The van der Waals surface area contributed by atoms with E-state index in [0.717, 1.165) is 12.0 Å². The van der Waals surface area contributed by atoms with E-state index in [0.29, 0.717) is 5.54 Å². The maximum atomic E-state index is 3.86. The molecule has 0 aromatic rings. The van der Waals surface area contributed by atoms with Gasteiger partial charge < -0.3 is 10.2 Å². The second-order valence-electron chi connectivity index (χ2n) is 7.44. The normalized spacial score (nSPS) is 28.9. The molecule has 0 radical (unpaired) electrons. The topological polar surface area (TPSA) is 18.5 Å². The third kappa shape index (κ3) is 4.43. The third-order valence-corrected chi connectivity index (χ3v) is 6.22. The maximum Gasteiger partial charge on any atom is 0.0304 e. The molecule has 0 saturated carbocycles. The number of rotatable bonds is 6. The van der Waals surface area contributed by atoms with Gasteiger partial charge in [-0.25, -0.2) is 0 Å². The highest BCUT2D eigenvalue weighted by Crippen LogP contribution is 2.26. The summed E-state index contributed by atoms with van der Waals surface area (Å²) < 4.78 is 0. The van der Waals surface area contributed by atoms with Crippen molar-refractivity contribution in [3.05, 3.63) is 0 Å². The molecular weight excluding hydrogens is 258 g/mol. The van der Waals surface area contributed by atoms with E-state index in [1.165, 1.54) is 71.2 Å². The molecule has 2 aliphatic rings. The van der Waals surface area contributed by atoms with Crippen molar-refractivity contribution >= 4 is 0 Å². The van der Waals surface area contributed by atoms with E-state index in [4.69, 9.17) is 0 Å². The van der Waals surface area contributed by atoms with Gasteiger partial charge in [0.1, 0.15) is 0 Å². The van der Waals surface area contributed by atoms with Crippen LogP contribution in [0.1, 0.15) is 59.3 Å². The summed E-state index contributed by atoms with van der Waals surface area (Å²) in [4.78, 5) is 5.29. The zero-order chi connectivity index (χ0) is 15.3. The van der Waals surface area contributed by atoms with Crippen LogP contribution in [0, 0.1) is 5.92 Å². The van der Waals surface area contributed by atoms with Crippen molar-refractivity contribution < 1.29 is 0 Å². The van der Waals surface area contributed by atoms with E-state index in [1.54, 1.807) is 0 Å². The van der Waals surface area contributed by atoms with E-state index in [1.807, 2.05) is 0 Å². The van der Waals surface area contributed by atoms with Gasteiger partial charge in [0.05, 0.1) is 0 Å². The van der Waals surface area contributed by atoms with Crippen LogP contribution in [0.3, 0.4) is 0 Å². The maximum absolute atomic E-state index is 3.86. The van der Waals surface area contributed by atoms with Crippen LogP contribution in [0.4, 0.5) is 0 Å². The Hall–Kier alpha value is -0.120. The average Bonchev–Trinajstić information content (AvgIpc) is 2.54. The molecule has 1 N–H and O–H groups in total. The second kappa shape index (κ2) is 7.94. The van der Waals surface area contributed by atoms with Crippen LogP contribution in [0.25, 0.3) is 0 Å². The smallest absolute Gasteiger partial charge is 0.0304 e. The summed E-state index contributed by atoms with van der Waals surface area (Å²) >= 11 is 0. The molecule has 2 rings (SSSR count). The molecule has 124 valence electrons. The first-order valence-electron chi connectivity index (χ1n) is 9.30. The summed E-state index contributed by atoms with van der Waals surface area (Å²) in [5.74, 6) is 0.964. The SMILES string of the molecule is CCC1CNC(CC)(CC)CN1CCC1CCN(C)CC1. The predicted octanol–water partition coefficient (Wildman–Crippen LogP) is 2.96. The quantitative estimate of drug-likeness (QED) is 0.813. The number of piperazine rings is 1. The Labute approximate surface area is 132 Å². The van der Waals surface area contributed by atoms with Gasteiger partial charge in [0.2, 0.25) is 0 Å². The van der Waals surface area contributed by atoms with Gasteiger partial charge in [-0.3, -0.25) is 4.90 Å². The fourth-order valence-electron chi connectivity index (χ4n) is 4.12. The Kier molecular flexibility index (Phi) is 6.51. The van der Waals surface area contributed by atoms with Crippen molar-refractivity contribution in [3.63, 3.8) is 0 Å². The Morgan fingerprint density at radius 3 is 2.33 bits per heavy atom. The van der Waals surface area contributed by atoms with E-state index < -0.39 is 0 Å². The first-order chi connectivity index (χ1) is 10.1. The van der Waals surface area contributed by atoms with Crippen LogP contribution in [0.5, 0.6) is 0 Å². The van der Waals surface area contributed by atoms with Crippen molar-refractivity contribution in [1.82, 2.24) is 15.1 Å². The van der Waals surface area contributed by atoms with E-state index in [9.17, 15) is 0 Å². The monoisotopic (exact) mass is 295 g/mol. The highest BCUT2D eigenvalue weighted by atomic mass is 15.2. The van der Waals surface area contributed by atoms with Gasteiger partial charge in [0, 0.05) is 24.7 Å². The molecule has 0 amide bonds. The van der Waals surface area contributed by atoms with E-state index >= 15 is 0 Å². The molecule has 0 spiro atoms. The van der Waals surface area contributed by atoms with Gasteiger partial charge in [0.15, 0.2) is 0 Å². The minimum atomic E-state index is 0.373. The number of likely N-dealkylation sites (tertiary alicyclic amines) is 1. The summed E-state index contributed by atoms with van der Waals surface area (Å²) in [6, 6.07) is 0.752. The van der Waals surface area contributed by atoms with Crippen molar-refractivity contribution in [2.75, 3.05) is 39.8 Å². The molecule has 0 aliphatic carbocycles. The van der Waals surface area contributed by atoms with Crippen molar-refractivity contribution in [2.45, 2.75) is 70.9 Å². The zero-order valence-electron chi connectivity index (χ0n) is 14.8. The number of hydrogen-bond donors (Lipinski definition) is 1. The van der Waals surface area contributed by atoms with Crippen LogP contribution < -0.4 is 5.32 Å².